The van der Waals surface area contributed by atoms with Gasteiger partial charge in [0.2, 0.25) is 0 Å². The van der Waals surface area contributed by atoms with Gasteiger partial charge in [-0.25, -0.2) is 9.97 Å². The number of carbonyl (C=O) groups is 1. The van der Waals surface area contributed by atoms with Crippen molar-refractivity contribution in [2.75, 3.05) is 24.6 Å². The summed E-state index contributed by atoms with van der Waals surface area (Å²) in [5.41, 5.74) is 14.0. The Bertz CT molecular complexity index is 913. The highest BCUT2D eigenvalue weighted by Gasteiger charge is 2.41. The lowest BCUT2D eigenvalue weighted by Gasteiger charge is -2.41. The monoisotopic (exact) mass is 385 g/mol. The molecule has 3 heterocycles. The van der Waals surface area contributed by atoms with Gasteiger partial charge in [0, 0.05) is 29.3 Å². The number of anilines is 2. The van der Waals surface area contributed by atoms with Crippen molar-refractivity contribution in [2.45, 2.75) is 18.3 Å². The number of benzene rings is 1. The van der Waals surface area contributed by atoms with Crippen molar-refractivity contribution >= 4 is 38.8 Å². The molecule has 1 aliphatic rings. The summed E-state index contributed by atoms with van der Waals surface area (Å²) in [6, 6.07) is 10.4. The van der Waals surface area contributed by atoms with Gasteiger partial charge in [0.05, 0.1) is 5.69 Å². The molecule has 4 rings (SSSR count). The first-order valence-corrected chi connectivity index (χ1v) is 10.1. The van der Waals surface area contributed by atoms with Crippen LogP contribution in [-0.2, 0) is 5.41 Å². The number of aromatic nitrogens is 2. The fraction of sp³-hybridized carbons (Fsp3) is 0.278. The van der Waals surface area contributed by atoms with Gasteiger partial charge in [-0.15, -0.1) is 22.7 Å². The zero-order valence-corrected chi connectivity index (χ0v) is 15.7. The molecule has 0 aliphatic carbocycles. The Hall–Kier alpha value is -2.45. The third-order valence-electron chi connectivity index (χ3n) is 4.98. The first-order valence-electron chi connectivity index (χ1n) is 8.36. The van der Waals surface area contributed by atoms with Crippen LogP contribution in [0.25, 0.3) is 0 Å². The van der Waals surface area contributed by atoms with Crippen LogP contribution in [0.2, 0.25) is 0 Å². The lowest BCUT2D eigenvalue weighted by Crippen LogP contribution is -2.46. The van der Waals surface area contributed by atoms with Gasteiger partial charge in [-0.05, 0) is 18.4 Å². The van der Waals surface area contributed by atoms with Crippen LogP contribution < -0.4 is 11.5 Å². The van der Waals surface area contributed by atoms with E-state index in [0.717, 1.165) is 18.5 Å². The summed E-state index contributed by atoms with van der Waals surface area (Å²) < 4.78 is 0. The minimum Gasteiger partial charge on any atom is -0.375 e. The molecule has 6 nitrogen and oxygen atoms in total. The Morgan fingerprint density at radius 1 is 1.00 bits per heavy atom. The van der Waals surface area contributed by atoms with Crippen LogP contribution in [0.1, 0.15) is 34.6 Å². The number of thiazole rings is 2. The van der Waals surface area contributed by atoms with E-state index in [4.69, 9.17) is 11.5 Å². The minimum atomic E-state index is -0.215. The van der Waals surface area contributed by atoms with Crippen molar-refractivity contribution < 1.29 is 4.79 Å². The van der Waals surface area contributed by atoms with Crippen LogP contribution in [0.5, 0.6) is 0 Å². The molecule has 1 fully saturated rings. The van der Waals surface area contributed by atoms with Crippen molar-refractivity contribution in [3.63, 3.8) is 0 Å². The van der Waals surface area contributed by atoms with Gasteiger partial charge in [-0.1, -0.05) is 30.3 Å². The summed E-state index contributed by atoms with van der Waals surface area (Å²) >= 11 is 2.75. The van der Waals surface area contributed by atoms with E-state index in [-0.39, 0.29) is 11.3 Å². The lowest BCUT2D eigenvalue weighted by molar-refractivity contribution is 0.0679. The normalized spacial score (nSPS) is 16.5. The van der Waals surface area contributed by atoms with Crippen molar-refractivity contribution in [1.29, 1.82) is 0 Å². The van der Waals surface area contributed by atoms with Crippen molar-refractivity contribution in [3.05, 3.63) is 58.0 Å². The zero-order valence-electron chi connectivity index (χ0n) is 14.1. The smallest absolute Gasteiger partial charge is 0.273 e. The van der Waals surface area contributed by atoms with Crippen molar-refractivity contribution in [3.8, 4) is 0 Å². The van der Waals surface area contributed by atoms with Gasteiger partial charge in [0.25, 0.3) is 5.91 Å². The molecule has 2 aromatic heterocycles. The molecule has 0 bridgehead atoms. The molecule has 26 heavy (non-hydrogen) atoms. The van der Waals surface area contributed by atoms with E-state index in [1.54, 1.807) is 5.38 Å². The number of carbonyl (C=O) groups excluding carboxylic acids is 1. The lowest BCUT2D eigenvalue weighted by atomic mass is 9.70. The van der Waals surface area contributed by atoms with Crippen molar-refractivity contribution in [2.24, 2.45) is 0 Å². The number of nitrogens with zero attached hydrogens (tertiary/aromatic N) is 3. The summed E-state index contributed by atoms with van der Waals surface area (Å²) in [6.45, 7) is 1.28. The SMILES string of the molecule is Nc1nc(C(=O)N2CCC(c3ccccc3)(c3csc(N)n3)CC2)cs1. The number of nitrogen functional groups attached to an aromatic ring is 2. The Morgan fingerprint density at radius 3 is 2.23 bits per heavy atom. The maximum Gasteiger partial charge on any atom is 0.273 e. The van der Waals surface area contributed by atoms with E-state index in [1.807, 2.05) is 28.5 Å². The average Bonchev–Trinajstić information content (AvgIpc) is 3.31. The molecule has 0 radical (unpaired) electrons. The third kappa shape index (κ3) is 2.95. The van der Waals surface area contributed by atoms with E-state index in [1.165, 1.54) is 28.2 Å². The summed E-state index contributed by atoms with van der Waals surface area (Å²) in [4.78, 5) is 23.2. The molecule has 1 saturated heterocycles. The predicted molar refractivity (Wildman–Crippen MR) is 105 cm³/mol. The van der Waals surface area contributed by atoms with Crippen LogP contribution in [0.15, 0.2) is 41.1 Å². The van der Waals surface area contributed by atoms with Gasteiger partial charge in [0.15, 0.2) is 10.3 Å². The largest absolute Gasteiger partial charge is 0.375 e. The summed E-state index contributed by atoms with van der Waals surface area (Å²) in [6.07, 6.45) is 1.59. The molecule has 1 aromatic carbocycles. The van der Waals surface area contributed by atoms with Crippen LogP contribution >= 0.6 is 22.7 Å². The van der Waals surface area contributed by atoms with E-state index in [2.05, 4.69) is 22.1 Å². The van der Waals surface area contributed by atoms with Gasteiger partial charge in [-0.3, -0.25) is 4.79 Å². The molecule has 134 valence electrons. The Balaban J connectivity index is 1.61. The van der Waals surface area contributed by atoms with E-state index in [0.29, 0.717) is 29.0 Å². The van der Waals surface area contributed by atoms with Gasteiger partial charge in [0.1, 0.15) is 5.69 Å². The highest BCUT2D eigenvalue weighted by Crippen LogP contribution is 2.42. The maximum atomic E-state index is 12.7. The highest BCUT2D eigenvalue weighted by atomic mass is 32.1. The number of rotatable bonds is 3. The number of piperidine rings is 1. The summed E-state index contributed by atoms with van der Waals surface area (Å²) in [5.74, 6) is -0.0580. The van der Waals surface area contributed by atoms with Crippen LogP contribution in [0.4, 0.5) is 10.3 Å². The molecule has 8 heteroatoms. The molecule has 3 aromatic rings. The van der Waals surface area contributed by atoms with Gasteiger partial charge in [-0.2, -0.15) is 0 Å². The van der Waals surface area contributed by atoms with Crippen molar-refractivity contribution in [1.82, 2.24) is 14.9 Å². The molecular weight excluding hydrogens is 366 g/mol. The fourth-order valence-electron chi connectivity index (χ4n) is 3.60. The molecular formula is C18H19N5OS2. The first kappa shape index (κ1) is 17.0. The standard InChI is InChI=1S/C18H19N5OS2/c19-16-21-13(10-25-16)15(24)23-8-6-18(7-9-23,12-4-2-1-3-5-12)14-11-26-17(20)22-14/h1-5,10-11H,6-9H2,(H2,19,21)(H2,20,22). The Kier molecular flexibility index (Phi) is 4.37. The Labute approximate surface area is 159 Å². The molecule has 4 N–H and O–H groups in total. The third-order valence-corrected chi connectivity index (χ3v) is 6.33. The van der Waals surface area contributed by atoms with E-state index < -0.39 is 0 Å². The fourth-order valence-corrected chi connectivity index (χ4v) is 4.80. The Morgan fingerprint density at radius 2 is 1.65 bits per heavy atom. The molecule has 0 saturated carbocycles. The topological polar surface area (TPSA) is 98.1 Å². The number of likely N-dealkylation sites (tertiary alicyclic amines) is 1. The molecule has 1 amide bonds. The highest BCUT2D eigenvalue weighted by molar-refractivity contribution is 7.13. The molecule has 1 aliphatic heterocycles. The van der Waals surface area contributed by atoms with Gasteiger partial charge < -0.3 is 16.4 Å². The minimum absolute atomic E-state index is 0.0580. The number of hydrogen-bond donors (Lipinski definition) is 2. The predicted octanol–water partition coefficient (Wildman–Crippen LogP) is 2.99. The second kappa shape index (κ2) is 6.69. The number of nitrogens with two attached hydrogens (primary N) is 2. The molecule has 0 spiro atoms. The van der Waals surface area contributed by atoms with Crippen LogP contribution in [-0.4, -0.2) is 33.9 Å². The molecule has 0 unspecified atom stereocenters. The van der Waals surface area contributed by atoms with Crippen LogP contribution in [0, 0.1) is 0 Å². The first-order chi connectivity index (χ1) is 12.6. The molecule has 0 atom stereocenters. The summed E-state index contributed by atoms with van der Waals surface area (Å²) in [7, 11) is 0. The average molecular weight is 386 g/mol. The second-order valence-corrected chi connectivity index (χ2v) is 8.16. The van der Waals surface area contributed by atoms with Gasteiger partial charge >= 0.3 is 0 Å². The number of amides is 1. The maximum absolute atomic E-state index is 12.7. The van der Waals surface area contributed by atoms with E-state index in [9.17, 15) is 4.79 Å². The quantitative estimate of drug-likeness (QED) is 0.722. The summed E-state index contributed by atoms with van der Waals surface area (Å²) in [5, 5.41) is 4.76. The second-order valence-electron chi connectivity index (χ2n) is 6.38. The van der Waals surface area contributed by atoms with E-state index >= 15 is 0 Å². The zero-order chi connectivity index (χ0) is 18.1. The number of hydrogen-bond acceptors (Lipinski definition) is 7. The van der Waals surface area contributed by atoms with Crippen LogP contribution in [0.3, 0.4) is 0 Å².